The second-order valence-corrected chi connectivity index (χ2v) is 7.14. The molecule has 0 aliphatic heterocycles. The van der Waals surface area contributed by atoms with Crippen molar-refractivity contribution in [3.8, 4) is 5.75 Å². The van der Waals surface area contributed by atoms with Crippen LogP contribution in [0.1, 0.15) is 59.9 Å². The summed E-state index contributed by atoms with van der Waals surface area (Å²) >= 11 is 0. The monoisotopic (exact) mass is 416 g/mol. The molecule has 2 rings (SSSR count). The molecule has 0 saturated heterocycles. The molecule has 2 N–H and O–H groups in total. The van der Waals surface area contributed by atoms with E-state index in [1.807, 2.05) is 13.0 Å². The van der Waals surface area contributed by atoms with Crippen molar-refractivity contribution in [2.75, 3.05) is 19.8 Å². The van der Waals surface area contributed by atoms with Crippen LogP contribution in [0.2, 0.25) is 0 Å². The zero-order chi connectivity index (χ0) is 22.4. The van der Waals surface area contributed by atoms with E-state index < -0.39 is 11.9 Å². The summed E-state index contributed by atoms with van der Waals surface area (Å²) in [5, 5.41) is 17.5. The average Bonchev–Trinajstić information content (AvgIpc) is 2.73. The molecule has 0 saturated carbocycles. The normalized spacial score (nSPS) is 10.3. The fraction of sp³-hybridized carbons (Fsp3) is 0.417. The third kappa shape index (κ3) is 9.56. The highest BCUT2D eigenvalue weighted by Crippen LogP contribution is 2.23. The Labute approximate surface area is 178 Å². The third-order valence-electron chi connectivity index (χ3n) is 4.13. The van der Waals surface area contributed by atoms with E-state index in [9.17, 15) is 9.59 Å². The topological polar surface area (TPSA) is 93.1 Å². The molecule has 2 aromatic carbocycles. The van der Waals surface area contributed by atoms with Gasteiger partial charge in [-0.3, -0.25) is 0 Å². The molecule has 0 heterocycles. The van der Waals surface area contributed by atoms with Crippen LogP contribution in [0, 0.1) is 5.92 Å². The highest BCUT2D eigenvalue weighted by atomic mass is 16.5. The van der Waals surface area contributed by atoms with Crippen LogP contribution in [0.5, 0.6) is 5.75 Å². The van der Waals surface area contributed by atoms with E-state index in [0.717, 1.165) is 31.6 Å². The van der Waals surface area contributed by atoms with E-state index in [4.69, 9.17) is 19.7 Å². The van der Waals surface area contributed by atoms with Gasteiger partial charge in [0.2, 0.25) is 0 Å². The van der Waals surface area contributed by atoms with Crippen LogP contribution in [0.25, 0.3) is 0 Å². The van der Waals surface area contributed by atoms with Crippen LogP contribution in [0.3, 0.4) is 0 Å². The molecule has 2 aromatic rings. The predicted molar refractivity (Wildman–Crippen MR) is 117 cm³/mol. The number of rotatable bonds is 11. The molecule has 0 fully saturated rings. The lowest BCUT2D eigenvalue weighted by Gasteiger charge is -2.12. The van der Waals surface area contributed by atoms with Gasteiger partial charge in [-0.05, 0) is 49.4 Å². The molecule has 0 aromatic heterocycles. The predicted octanol–water partition coefficient (Wildman–Crippen LogP) is 5.16. The Bertz CT molecular complexity index is 771. The van der Waals surface area contributed by atoms with Crippen molar-refractivity contribution in [2.24, 2.45) is 5.92 Å². The first-order valence-corrected chi connectivity index (χ1v) is 10.2. The first kappa shape index (κ1) is 25.2. The second-order valence-electron chi connectivity index (χ2n) is 7.14. The molecule has 6 heteroatoms. The molecule has 0 spiro atoms. The molecular weight excluding hydrogens is 384 g/mol. The van der Waals surface area contributed by atoms with Crippen LogP contribution in [0.4, 0.5) is 0 Å². The maximum Gasteiger partial charge on any atom is 0.336 e. The summed E-state index contributed by atoms with van der Waals surface area (Å²) in [5.74, 6) is -0.539. The molecule has 0 unspecified atom stereocenters. The minimum atomic E-state index is -0.903. The minimum Gasteiger partial charge on any atom is -0.493 e. The van der Waals surface area contributed by atoms with E-state index in [1.165, 1.54) is 0 Å². The lowest BCUT2D eigenvalue weighted by molar-refractivity contribution is 0.0685. The van der Waals surface area contributed by atoms with Gasteiger partial charge in [-0.25, -0.2) is 9.59 Å². The Balaban J connectivity index is 0.000000414. The number of hydrogen-bond donors (Lipinski definition) is 2. The number of benzene rings is 2. The smallest absolute Gasteiger partial charge is 0.336 e. The Morgan fingerprint density at radius 3 is 2.10 bits per heavy atom. The zero-order valence-electron chi connectivity index (χ0n) is 18.0. The van der Waals surface area contributed by atoms with Gasteiger partial charge in [0, 0.05) is 18.8 Å². The number of unbranched alkanes of at least 4 members (excludes halogenated alkanes) is 1. The van der Waals surface area contributed by atoms with Gasteiger partial charge in [0.25, 0.3) is 0 Å². The molecule has 0 aliphatic carbocycles. The van der Waals surface area contributed by atoms with Gasteiger partial charge in [-0.2, -0.15) is 0 Å². The van der Waals surface area contributed by atoms with Crippen LogP contribution in [-0.4, -0.2) is 42.0 Å². The first-order chi connectivity index (χ1) is 14.4. The van der Waals surface area contributed by atoms with E-state index >= 15 is 0 Å². The summed E-state index contributed by atoms with van der Waals surface area (Å²) in [6.07, 6.45) is 2.50. The Hall–Kier alpha value is -2.86. The first-order valence-electron chi connectivity index (χ1n) is 10.2. The maximum absolute atomic E-state index is 11.2. The lowest BCUT2D eigenvalue weighted by Crippen LogP contribution is -2.07. The highest BCUT2D eigenvalue weighted by Gasteiger charge is 2.13. The van der Waals surface area contributed by atoms with E-state index in [2.05, 4.69) is 13.8 Å². The number of carboxylic acid groups (broad SMARTS) is 2. The number of carbonyl (C=O) groups is 2. The SMILES string of the molecule is CCc1c(OCCCCOCC(C)C)cccc1C(=O)O.O=C(O)c1ccccc1. The summed E-state index contributed by atoms with van der Waals surface area (Å²) in [6, 6.07) is 13.5. The van der Waals surface area contributed by atoms with Gasteiger partial charge in [-0.1, -0.05) is 45.0 Å². The maximum atomic E-state index is 11.2. The quantitative estimate of drug-likeness (QED) is 0.491. The van der Waals surface area contributed by atoms with Crippen molar-refractivity contribution in [2.45, 2.75) is 40.0 Å². The van der Waals surface area contributed by atoms with Crippen molar-refractivity contribution < 1.29 is 29.3 Å². The standard InChI is InChI=1S/C17H26O4.C7H6O2/c1-4-14-15(17(18)19)8-7-9-16(14)21-11-6-5-10-20-12-13(2)3;8-7(9)6-4-2-1-3-5-6/h7-9,13H,4-6,10-12H2,1-3H3,(H,18,19);1-5H,(H,8,9). The summed E-state index contributed by atoms with van der Waals surface area (Å²) in [5.41, 5.74) is 1.42. The molecule has 0 atom stereocenters. The molecular formula is C24H32O6. The van der Waals surface area contributed by atoms with E-state index in [1.54, 1.807) is 42.5 Å². The Morgan fingerprint density at radius 1 is 0.900 bits per heavy atom. The Kier molecular flexibility index (Phi) is 11.9. The van der Waals surface area contributed by atoms with Crippen LogP contribution in [-0.2, 0) is 11.2 Å². The molecule has 0 bridgehead atoms. The molecule has 0 amide bonds. The Morgan fingerprint density at radius 2 is 1.57 bits per heavy atom. The second kappa shape index (κ2) is 14.2. The zero-order valence-corrected chi connectivity index (χ0v) is 18.0. The van der Waals surface area contributed by atoms with Crippen molar-refractivity contribution in [1.82, 2.24) is 0 Å². The molecule has 30 heavy (non-hydrogen) atoms. The van der Waals surface area contributed by atoms with Gasteiger partial charge in [0.15, 0.2) is 0 Å². The van der Waals surface area contributed by atoms with E-state index in [0.29, 0.717) is 35.8 Å². The summed E-state index contributed by atoms with van der Waals surface area (Å²) in [4.78, 5) is 21.4. The number of aromatic carboxylic acids is 2. The number of ether oxygens (including phenoxy) is 2. The fourth-order valence-corrected chi connectivity index (χ4v) is 2.65. The number of hydrogen-bond acceptors (Lipinski definition) is 4. The summed E-state index contributed by atoms with van der Waals surface area (Å²) in [7, 11) is 0. The summed E-state index contributed by atoms with van der Waals surface area (Å²) in [6.45, 7) is 8.32. The molecule has 0 radical (unpaired) electrons. The van der Waals surface area contributed by atoms with Crippen molar-refractivity contribution in [3.05, 3.63) is 65.2 Å². The largest absolute Gasteiger partial charge is 0.493 e. The van der Waals surface area contributed by atoms with Gasteiger partial charge in [0.05, 0.1) is 17.7 Å². The van der Waals surface area contributed by atoms with Gasteiger partial charge in [0.1, 0.15) is 5.75 Å². The van der Waals surface area contributed by atoms with Crippen LogP contribution >= 0.6 is 0 Å². The minimum absolute atomic E-state index is 0.329. The lowest BCUT2D eigenvalue weighted by atomic mass is 10.0. The van der Waals surface area contributed by atoms with Gasteiger partial charge < -0.3 is 19.7 Å². The van der Waals surface area contributed by atoms with Crippen molar-refractivity contribution in [1.29, 1.82) is 0 Å². The highest BCUT2D eigenvalue weighted by molar-refractivity contribution is 5.90. The molecule has 6 nitrogen and oxygen atoms in total. The van der Waals surface area contributed by atoms with E-state index in [-0.39, 0.29) is 0 Å². The van der Waals surface area contributed by atoms with Crippen molar-refractivity contribution >= 4 is 11.9 Å². The van der Waals surface area contributed by atoms with Crippen LogP contribution < -0.4 is 4.74 Å². The fourth-order valence-electron chi connectivity index (χ4n) is 2.65. The number of carboxylic acids is 2. The average molecular weight is 417 g/mol. The third-order valence-corrected chi connectivity index (χ3v) is 4.13. The van der Waals surface area contributed by atoms with Gasteiger partial charge in [-0.15, -0.1) is 0 Å². The van der Waals surface area contributed by atoms with Crippen LogP contribution in [0.15, 0.2) is 48.5 Å². The summed E-state index contributed by atoms with van der Waals surface area (Å²) < 4.78 is 11.2. The van der Waals surface area contributed by atoms with Gasteiger partial charge >= 0.3 is 11.9 Å². The molecule has 0 aliphatic rings. The molecule has 164 valence electrons. The van der Waals surface area contributed by atoms with Crippen molar-refractivity contribution in [3.63, 3.8) is 0 Å².